The van der Waals surface area contributed by atoms with Gasteiger partial charge in [-0.3, -0.25) is 9.00 Å². The highest BCUT2D eigenvalue weighted by atomic mass is 32.2. The monoisotopic (exact) mass is 305 g/mol. The van der Waals surface area contributed by atoms with E-state index in [0.29, 0.717) is 22.6 Å². The van der Waals surface area contributed by atoms with Crippen LogP contribution in [-0.2, 0) is 16.6 Å². The SMILES string of the molecule is Cc1cc(F)ccc1NC(=O)c1cccc(CS(C)=O)c1. The molecule has 0 aromatic heterocycles. The quantitative estimate of drug-likeness (QED) is 0.942. The minimum atomic E-state index is -0.956. The Labute approximate surface area is 125 Å². The van der Waals surface area contributed by atoms with Crippen molar-refractivity contribution in [1.82, 2.24) is 0 Å². The molecule has 0 bridgehead atoms. The molecule has 2 aromatic rings. The van der Waals surface area contributed by atoms with Gasteiger partial charge < -0.3 is 5.32 Å². The zero-order valence-electron chi connectivity index (χ0n) is 11.9. The topological polar surface area (TPSA) is 46.2 Å². The van der Waals surface area contributed by atoms with Crippen molar-refractivity contribution in [3.8, 4) is 0 Å². The first kappa shape index (κ1) is 15.4. The molecule has 1 atom stereocenters. The third kappa shape index (κ3) is 4.23. The molecule has 0 fully saturated rings. The van der Waals surface area contributed by atoms with Crippen LogP contribution in [0.15, 0.2) is 42.5 Å². The molecule has 2 aromatic carbocycles. The summed E-state index contributed by atoms with van der Waals surface area (Å²) in [7, 11) is -0.956. The summed E-state index contributed by atoms with van der Waals surface area (Å²) in [4.78, 5) is 12.2. The van der Waals surface area contributed by atoms with E-state index in [2.05, 4.69) is 5.32 Å². The van der Waals surface area contributed by atoms with Crippen molar-refractivity contribution in [2.75, 3.05) is 11.6 Å². The first-order valence-corrected chi connectivity index (χ1v) is 8.15. The van der Waals surface area contributed by atoms with Crippen LogP contribution < -0.4 is 5.32 Å². The number of benzene rings is 2. The Kier molecular flexibility index (Phi) is 4.85. The van der Waals surface area contributed by atoms with Gasteiger partial charge in [-0.25, -0.2) is 4.39 Å². The molecule has 110 valence electrons. The minimum absolute atomic E-state index is 0.270. The number of anilines is 1. The Hall–Kier alpha value is -2.01. The third-order valence-corrected chi connectivity index (χ3v) is 3.74. The molecule has 2 rings (SSSR count). The highest BCUT2D eigenvalue weighted by molar-refractivity contribution is 7.83. The number of hydrogen-bond acceptors (Lipinski definition) is 2. The van der Waals surface area contributed by atoms with Crippen molar-refractivity contribution < 1.29 is 13.4 Å². The summed E-state index contributed by atoms with van der Waals surface area (Å²) < 4.78 is 24.3. The van der Waals surface area contributed by atoms with E-state index in [0.717, 1.165) is 5.56 Å². The number of nitrogens with one attached hydrogen (secondary N) is 1. The molecule has 0 saturated carbocycles. The molecule has 0 aliphatic rings. The predicted molar refractivity (Wildman–Crippen MR) is 83.3 cm³/mol. The average Bonchev–Trinajstić information content (AvgIpc) is 2.41. The Balaban J connectivity index is 2.18. The number of amides is 1. The van der Waals surface area contributed by atoms with Gasteiger partial charge in [-0.15, -0.1) is 0 Å². The molecule has 0 heterocycles. The molecule has 1 N–H and O–H groups in total. The van der Waals surface area contributed by atoms with Crippen LogP contribution in [0.1, 0.15) is 21.5 Å². The average molecular weight is 305 g/mol. The first-order chi connectivity index (χ1) is 9.95. The third-order valence-electron chi connectivity index (χ3n) is 3.00. The zero-order valence-corrected chi connectivity index (χ0v) is 12.7. The Morgan fingerprint density at radius 2 is 2.00 bits per heavy atom. The van der Waals surface area contributed by atoms with Crippen molar-refractivity contribution in [1.29, 1.82) is 0 Å². The van der Waals surface area contributed by atoms with Crippen molar-refractivity contribution in [3.05, 3.63) is 65.0 Å². The molecular weight excluding hydrogens is 289 g/mol. The standard InChI is InChI=1S/C16H16FNO2S/c1-11-8-14(17)6-7-15(11)18-16(19)13-5-3-4-12(9-13)10-21(2)20/h3-9H,10H2,1-2H3,(H,18,19). The number of rotatable bonds is 4. The van der Waals surface area contributed by atoms with Gasteiger partial charge >= 0.3 is 0 Å². The maximum Gasteiger partial charge on any atom is 0.255 e. The predicted octanol–water partition coefficient (Wildman–Crippen LogP) is 3.26. The van der Waals surface area contributed by atoms with Gasteiger partial charge in [-0.2, -0.15) is 0 Å². The fourth-order valence-electron chi connectivity index (χ4n) is 2.00. The summed E-state index contributed by atoms with van der Waals surface area (Å²) in [5.74, 6) is -0.192. The van der Waals surface area contributed by atoms with Gasteiger partial charge in [0.1, 0.15) is 5.82 Å². The second kappa shape index (κ2) is 6.63. The number of aryl methyl sites for hydroxylation is 1. The maximum atomic E-state index is 13.0. The van der Waals surface area contributed by atoms with E-state index in [4.69, 9.17) is 0 Å². The summed E-state index contributed by atoms with van der Waals surface area (Å²) >= 11 is 0. The van der Waals surface area contributed by atoms with Crippen molar-refractivity contribution in [2.45, 2.75) is 12.7 Å². The van der Waals surface area contributed by atoms with Crippen LogP contribution in [0.3, 0.4) is 0 Å². The van der Waals surface area contributed by atoms with Crippen LogP contribution in [0.4, 0.5) is 10.1 Å². The van der Waals surface area contributed by atoms with E-state index < -0.39 is 10.8 Å². The summed E-state index contributed by atoms with van der Waals surface area (Å²) in [6.07, 6.45) is 1.62. The van der Waals surface area contributed by atoms with Crippen LogP contribution in [0.25, 0.3) is 0 Å². The van der Waals surface area contributed by atoms with Crippen LogP contribution in [-0.4, -0.2) is 16.4 Å². The summed E-state index contributed by atoms with van der Waals surface area (Å²) in [5, 5.41) is 2.75. The minimum Gasteiger partial charge on any atom is -0.322 e. The molecule has 1 unspecified atom stereocenters. The maximum absolute atomic E-state index is 13.0. The number of carbonyl (C=O) groups is 1. The number of carbonyl (C=O) groups excluding carboxylic acids is 1. The van der Waals surface area contributed by atoms with E-state index in [-0.39, 0.29) is 11.7 Å². The first-order valence-electron chi connectivity index (χ1n) is 6.42. The van der Waals surface area contributed by atoms with Gasteiger partial charge in [0, 0.05) is 34.1 Å². The molecular formula is C16H16FNO2S. The van der Waals surface area contributed by atoms with Gasteiger partial charge in [0.2, 0.25) is 0 Å². The lowest BCUT2D eigenvalue weighted by Gasteiger charge is -2.09. The van der Waals surface area contributed by atoms with E-state index in [1.165, 1.54) is 18.2 Å². The fourth-order valence-corrected chi connectivity index (χ4v) is 2.65. The van der Waals surface area contributed by atoms with Gasteiger partial charge in [0.05, 0.1) is 0 Å². The fraction of sp³-hybridized carbons (Fsp3) is 0.188. The van der Waals surface area contributed by atoms with Crippen molar-refractivity contribution in [2.24, 2.45) is 0 Å². The van der Waals surface area contributed by atoms with Crippen molar-refractivity contribution >= 4 is 22.4 Å². The Bertz CT molecular complexity index is 700. The Morgan fingerprint density at radius 3 is 2.67 bits per heavy atom. The van der Waals surface area contributed by atoms with Crippen molar-refractivity contribution in [3.63, 3.8) is 0 Å². The van der Waals surface area contributed by atoms with Gasteiger partial charge in [-0.05, 0) is 48.4 Å². The van der Waals surface area contributed by atoms with Gasteiger partial charge in [0.15, 0.2) is 0 Å². The summed E-state index contributed by atoms with van der Waals surface area (Å²) in [5.41, 5.74) is 2.57. The molecule has 5 heteroatoms. The van der Waals surface area contributed by atoms with E-state index in [1.807, 2.05) is 6.07 Å². The molecule has 3 nitrogen and oxygen atoms in total. The van der Waals surface area contributed by atoms with Crippen LogP contribution >= 0.6 is 0 Å². The second-order valence-electron chi connectivity index (χ2n) is 4.83. The smallest absolute Gasteiger partial charge is 0.255 e. The zero-order chi connectivity index (χ0) is 15.4. The largest absolute Gasteiger partial charge is 0.322 e. The van der Waals surface area contributed by atoms with E-state index in [9.17, 15) is 13.4 Å². The lowest BCUT2D eigenvalue weighted by atomic mass is 10.1. The molecule has 21 heavy (non-hydrogen) atoms. The normalized spacial score (nSPS) is 12.0. The second-order valence-corrected chi connectivity index (χ2v) is 6.27. The van der Waals surface area contributed by atoms with Crippen LogP contribution in [0, 0.1) is 12.7 Å². The molecule has 0 aliphatic heterocycles. The lowest BCUT2D eigenvalue weighted by Crippen LogP contribution is -2.13. The molecule has 0 spiro atoms. The summed E-state index contributed by atoms with van der Waals surface area (Å²) in [6, 6.07) is 11.2. The van der Waals surface area contributed by atoms with Gasteiger partial charge in [-0.1, -0.05) is 12.1 Å². The number of halogens is 1. The van der Waals surface area contributed by atoms with Crippen LogP contribution in [0.5, 0.6) is 0 Å². The van der Waals surface area contributed by atoms with Crippen LogP contribution in [0.2, 0.25) is 0 Å². The Morgan fingerprint density at radius 1 is 1.24 bits per heavy atom. The number of hydrogen-bond donors (Lipinski definition) is 1. The molecule has 0 saturated heterocycles. The van der Waals surface area contributed by atoms with Gasteiger partial charge in [0.25, 0.3) is 5.91 Å². The summed E-state index contributed by atoms with van der Waals surface area (Å²) in [6.45, 7) is 1.73. The molecule has 0 radical (unpaired) electrons. The lowest BCUT2D eigenvalue weighted by molar-refractivity contribution is 0.102. The molecule has 1 amide bonds. The van der Waals surface area contributed by atoms with E-state index >= 15 is 0 Å². The highest BCUT2D eigenvalue weighted by Gasteiger charge is 2.09. The van der Waals surface area contributed by atoms with E-state index in [1.54, 1.807) is 31.4 Å². The molecule has 0 aliphatic carbocycles. The highest BCUT2D eigenvalue weighted by Crippen LogP contribution is 2.17.